The highest BCUT2D eigenvalue weighted by Gasteiger charge is 2.11. The van der Waals surface area contributed by atoms with E-state index in [0.717, 1.165) is 0 Å². The van der Waals surface area contributed by atoms with Crippen LogP contribution in [0.2, 0.25) is 0 Å². The van der Waals surface area contributed by atoms with Gasteiger partial charge in [-0.3, -0.25) is 9.78 Å². The third-order valence-electron chi connectivity index (χ3n) is 2.93. The summed E-state index contributed by atoms with van der Waals surface area (Å²) in [5.74, 6) is -1.53. The zero-order valence-electron chi connectivity index (χ0n) is 10.7. The first-order valence-corrected chi connectivity index (χ1v) is 6.12. The zero-order valence-corrected chi connectivity index (χ0v) is 10.7. The molecule has 2 heterocycles. The Morgan fingerprint density at radius 1 is 1.10 bits per heavy atom. The van der Waals surface area contributed by atoms with Gasteiger partial charge in [0.05, 0.1) is 0 Å². The first-order chi connectivity index (χ1) is 10.1. The number of rotatable bonds is 3. The van der Waals surface area contributed by atoms with Crippen molar-refractivity contribution in [3.63, 3.8) is 0 Å². The highest BCUT2D eigenvalue weighted by molar-refractivity contribution is 6.05. The number of aromatic carboxylic acids is 1. The maximum absolute atomic E-state index is 12.0. The smallest absolute Gasteiger partial charge is 0.371 e. The molecule has 2 aromatic heterocycles. The quantitative estimate of drug-likeness (QED) is 0.770. The summed E-state index contributed by atoms with van der Waals surface area (Å²) in [5.41, 5.74) is 1.50. The summed E-state index contributed by atoms with van der Waals surface area (Å²) in [5, 5.41) is 12.2. The molecule has 0 bridgehead atoms. The molecule has 0 radical (unpaired) electrons. The van der Waals surface area contributed by atoms with Gasteiger partial charge in [0.15, 0.2) is 0 Å². The fourth-order valence-electron chi connectivity index (χ4n) is 1.93. The molecule has 2 N–H and O–H groups in total. The second-order valence-electron chi connectivity index (χ2n) is 4.36. The minimum absolute atomic E-state index is 0.136. The Balaban J connectivity index is 1.87. The van der Waals surface area contributed by atoms with Crippen LogP contribution in [0.1, 0.15) is 20.9 Å². The number of aromatic nitrogens is 1. The molecular formula is C15H10N2O4. The Morgan fingerprint density at radius 3 is 2.57 bits per heavy atom. The summed E-state index contributed by atoms with van der Waals surface area (Å²) >= 11 is 0. The molecule has 6 nitrogen and oxygen atoms in total. The Bertz CT molecular complexity index is 824. The number of carboxylic acid groups (broad SMARTS) is 1. The molecule has 0 saturated heterocycles. The standard InChI is InChI=1S/C15H10N2O4/c18-14(9-3-5-16-6-4-9)17-11-1-2-12-10(7-11)8-13(21-12)15(19)20/h1-8H,(H,17,18)(H,19,20). The van der Waals surface area contributed by atoms with Crippen molar-refractivity contribution in [2.24, 2.45) is 0 Å². The topological polar surface area (TPSA) is 92.4 Å². The van der Waals surface area contributed by atoms with Gasteiger partial charge < -0.3 is 14.8 Å². The predicted octanol–water partition coefficient (Wildman–Crippen LogP) is 2.78. The molecule has 6 heteroatoms. The summed E-state index contributed by atoms with van der Waals surface area (Å²) in [6.45, 7) is 0. The van der Waals surface area contributed by atoms with Crippen LogP contribution in [-0.2, 0) is 0 Å². The van der Waals surface area contributed by atoms with Crippen molar-refractivity contribution in [2.45, 2.75) is 0 Å². The molecule has 0 aliphatic heterocycles. The maximum atomic E-state index is 12.0. The second-order valence-corrected chi connectivity index (χ2v) is 4.36. The van der Waals surface area contributed by atoms with E-state index in [1.54, 1.807) is 30.3 Å². The van der Waals surface area contributed by atoms with Gasteiger partial charge in [-0.1, -0.05) is 0 Å². The molecule has 0 spiro atoms. The fraction of sp³-hybridized carbons (Fsp3) is 0. The van der Waals surface area contributed by atoms with Gasteiger partial charge in [0.1, 0.15) is 5.58 Å². The van der Waals surface area contributed by atoms with Crippen molar-refractivity contribution in [1.82, 2.24) is 4.98 Å². The van der Waals surface area contributed by atoms with Crippen molar-refractivity contribution in [2.75, 3.05) is 5.32 Å². The molecule has 1 amide bonds. The molecular weight excluding hydrogens is 272 g/mol. The van der Waals surface area contributed by atoms with E-state index in [1.165, 1.54) is 18.5 Å². The number of nitrogens with zero attached hydrogens (tertiary/aromatic N) is 1. The van der Waals surface area contributed by atoms with Gasteiger partial charge in [0.2, 0.25) is 5.76 Å². The Morgan fingerprint density at radius 2 is 1.86 bits per heavy atom. The van der Waals surface area contributed by atoms with E-state index in [9.17, 15) is 9.59 Å². The summed E-state index contributed by atoms with van der Waals surface area (Å²) in [6.07, 6.45) is 3.07. The van der Waals surface area contributed by atoms with Crippen molar-refractivity contribution in [3.8, 4) is 0 Å². The molecule has 0 unspecified atom stereocenters. The van der Waals surface area contributed by atoms with Crippen LogP contribution in [0.15, 0.2) is 53.2 Å². The van der Waals surface area contributed by atoms with Gasteiger partial charge in [-0.15, -0.1) is 0 Å². The number of pyridine rings is 1. The number of carbonyl (C=O) groups excluding carboxylic acids is 1. The van der Waals surface area contributed by atoms with Gasteiger partial charge in [0, 0.05) is 29.0 Å². The first-order valence-electron chi connectivity index (χ1n) is 6.12. The van der Waals surface area contributed by atoms with Gasteiger partial charge in [-0.2, -0.15) is 0 Å². The van der Waals surface area contributed by atoms with Gasteiger partial charge in [0.25, 0.3) is 5.91 Å². The molecule has 0 saturated carbocycles. The summed E-state index contributed by atoms with van der Waals surface area (Å²) in [7, 11) is 0. The molecule has 0 fully saturated rings. The summed E-state index contributed by atoms with van der Waals surface area (Å²) < 4.78 is 5.15. The number of carboxylic acids is 1. The normalized spacial score (nSPS) is 10.5. The van der Waals surface area contributed by atoms with E-state index in [2.05, 4.69) is 10.3 Å². The number of amides is 1. The van der Waals surface area contributed by atoms with Crippen molar-refractivity contribution in [3.05, 3.63) is 60.1 Å². The average molecular weight is 282 g/mol. The second kappa shape index (κ2) is 5.09. The molecule has 21 heavy (non-hydrogen) atoms. The number of carbonyl (C=O) groups is 2. The fourth-order valence-corrected chi connectivity index (χ4v) is 1.93. The van der Waals surface area contributed by atoms with E-state index < -0.39 is 5.97 Å². The van der Waals surface area contributed by atoms with Gasteiger partial charge >= 0.3 is 5.97 Å². The SMILES string of the molecule is O=C(Nc1ccc2oc(C(=O)O)cc2c1)c1ccncc1. The minimum Gasteiger partial charge on any atom is -0.475 e. The van der Waals surface area contributed by atoms with Gasteiger partial charge in [-0.05, 0) is 36.4 Å². The predicted molar refractivity (Wildman–Crippen MR) is 75.4 cm³/mol. The lowest BCUT2D eigenvalue weighted by atomic mass is 10.2. The highest BCUT2D eigenvalue weighted by Crippen LogP contribution is 2.23. The third kappa shape index (κ3) is 2.59. The number of anilines is 1. The lowest BCUT2D eigenvalue weighted by Gasteiger charge is -2.04. The monoisotopic (exact) mass is 282 g/mol. The van der Waals surface area contributed by atoms with E-state index in [1.807, 2.05) is 0 Å². The Labute approximate surface area is 119 Å². The van der Waals surface area contributed by atoms with Crippen LogP contribution >= 0.6 is 0 Å². The van der Waals surface area contributed by atoms with Crippen LogP contribution in [0.25, 0.3) is 11.0 Å². The number of hydrogen-bond acceptors (Lipinski definition) is 4. The maximum Gasteiger partial charge on any atom is 0.371 e. The van der Waals surface area contributed by atoms with Crippen LogP contribution in [0.3, 0.4) is 0 Å². The minimum atomic E-state index is -1.13. The molecule has 0 atom stereocenters. The Kier molecular flexibility index (Phi) is 3.12. The molecule has 0 aliphatic rings. The van der Waals surface area contributed by atoms with Gasteiger partial charge in [-0.25, -0.2) is 4.79 Å². The number of furan rings is 1. The lowest BCUT2D eigenvalue weighted by molar-refractivity contribution is 0.0665. The van der Waals surface area contributed by atoms with Crippen LogP contribution in [-0.4, -0.2) is 22.0 Å². The largest absolute Gasteiger partial charge is 0.475 e. The lowest BCUT2D eigenvalue weighted by Crippen LogP contribution is -2.11. The van der Waals surface area contributed by atoms with Crippen molar-refractivity contribution >= 4 is 28.5 Å². The Hall–Kier alpha value is -3.15. The molecule has 3 rings (SSSR count). The van der Waals surface area contributed by atoms with E-state index in [4.69, 9.17) is 9.52 Å². The average Bonchev–Trinajstić information content (AvgIpc) is 2.91. The molecule has 0 aliphatic carbocycles. The molecule has 1 aromatic carbocycles. The highest BCUT2D eigenvalue weighted by atomic mass is 16.4. The number of fused-ring (bicyclic) bond motifs is 1. The molecule has 3 aromatic rings. The van der Waals surface area contributed by atoms with Crippen LogP contribution in [0, 0.1) is 0 Å². The van der Waals surface area contributed by atoms with E-state index in [-0.39, 0.29) is 11.7 Å². The first kappa shape index (κ1) is 12.9. The third-order valence-corrected chi connectivity index (χ3v) is 2.93. The summed E-state index contributed by atoms with van der Waals surface area (Å²) in [6, 6.07) is 9.55. The van der Waals surface area contributed by atoms with Crippen molar-refractivity contribution < 1.29 is 19.1 Å². The van der Waals surface area contributed by atoms with Crippen LogP contribution in [0.4, 0.5) is 5.69 Å². The number of benzene rings is 1. The van der Waals surface area contributed by atoms with Crippen LogP contribution < -0.4 is 5.32 Å². The number of hydrogen-bond donors (Lipinski definition) is 2. The van der Waals surface area contributed by atoms with E-state index in [0.29, 0.717) is 22.2 Å². The number of nitrogens with one attached hydrogen (secondary N) is 1. The van der Waals surface area contributed by atoms with Crippen LogP contribution in [0.5, 0.6) is 0 Å². The van der Waals surface area contributed by atoms with Crippen molar-refractivity contribution in [1.29, 1.82) is 0 Å². The molecule has 104 valence electrons. The van der Waals surface area contributed by atoms with E-state index >= 15 is 0 Å². The zero-order chi connectivity index (χ0) is 14.8. The summed E-state index contributed by atoms with van der Waals surface area (Å²) in [4.78, 5) is 26.7.